The molecular weight excluding hydrogens is 328 g/mol. The van der Waals surface area contributed by atoms with Crippen molar-refractivity contribution < 1.29 is 12.9 Å². The normalized spacial score (nSPS) is 20.9. The molecule has 3 rings (SSSR count). The highest BCUT2D eigenvalue weighted by Crippen LogP contribution is 2.27. The van der Waals surface area contributed by atoms with Gasteiger partial charge in [-0.15, -0.1) is 0 Å². The third-order valence-corrected chi connectivity index (χ3v) is 6.02. The van der Waals surface area contributed by atoms with Crippen molar-refractivity contribution in [3.63, 3.8) is 0 Å². The highest BCUT2D eigenvalue weighted by Gasteiger charge is 2.27. The Kier molecular flexibility index (Phi) is 4.10. The molecule has 6 nitrogen and oxygen atoms in total. The Morgan fingerprint density at radius 1 is 1.36 bits per heavy atom. The molecule has 1 aromatic heterocycles. The molecule has 118 valence electrons. The van der Waals surface area contributed by atoms with Gasteiger partial charge in [0.05, 0.1) is 16.5 Å². The third-order valence-electron chi connectivity index (χ3n) is 3.80. The fourth-order valence-electron chi connectivity index (χ4n) is 2.79. The maximum absolute atomic E-state index is 11.9. The van der Waals surface area contributed by atoms with Crippen LogP contribution in [0.4, 0.5) is 0 Å². The summed E-state index contributed by atoms with van der Waals surface area (Å²) in [4.78, 5) is 11.9. The van der Waals surface area contributed by atoms with Crippen molar-refractivity contribution in [3.8, 4) is 11.4 Å². The molecule has 0 radical (unpaired) electrons. The highest BCUT2D eigenvalue weighted by atomic mass is 35.5. The van der Waals surface area contributed by atoms with Crippen molar-refractivity contribution in [1.82, 2.24) is 9.72 Å². The van der Waals surface area contributed by atoms with Crippen LogP contribution >= 0.6 is 11.6 Å². The summed E-state index contributed by atoms with van der Waals surface area (Å²) in [6.07, 6.45) is 1.38. The summed E-state index contributed by atoms with van der Waals surface area (Å²) in [5.41, 5.74) is 0.591. The summed E-state index contributed by atoms with van der Waals surface area (Å²) >= 11 is 6.14. The zero-order chi connectivity index (χ0) is 15.7. The molecular formula is C14H15ClN2O4S. The van der Waals surface area contributed by atoms with Crippen molar-refractivity contribution in [2.75, 3.05) is 11.5 Å². The van der Waals surface area contributed by atoms with Crippen LogP contribution in [0.2, 0.25) is 5.02 Å². The number of benzene rings is 1. The Hall–Kier alpha value is -1.60. The smallest absolute Gasteiger partial charge is 0.295 e. The predicted octanol–water partition coefficient (Wildman–Crippen LogP) is 1.98. The number of hydrogen-bond donors (Lipinski definition) is 0. The van der Waals surface area contributed by atoms with Crippen molar-refractivity contribution in [2.24, 2.45) is 5.92 Å². The number of rotatable bonds is 3. The fraction of sp³-hybridized carbons (Fsp3) is 0.429. The van der Waals surface area contributed by atoms with Crippen molar-refractivity contribution >= 4 is 21.4 Å². The Bertz CT molecular complexity index is 841. The molecule has 1 aliphatic rings. The quantitative estimate of drug-likeness (QED) is 0.851. The van der Waals surface area contributed by atoms with Gasteiger partial charge in [-0.05, 0) is 30.9 Å². The number of aromatic nitrogens is 2. The molecule has 1 atom stereocenters. The molecule has 1 aromatic carbocycles. The third kappa shape index (κ3) is 3.10. The van der Waals surface area contributed by atoms with Crippen LogP contribution in [0, 0.1) is 5.92 Å². The van der Waals surface area contributed by atoms with E-state index in [0.717, 1.165) is 6.42 Å². The average Bonchev–Trinajstić information content (AvgIpc) is 2.80. The number of sulfone groups is 1. The van der Waals surface area contributed by atoms with Gasteiger partial charge >= 0.3 is 5.76 Å². The summed E-state index contributed by atoms with van der Waals surface area (Å²) in [6.45, 7) is 0.266. The van der Waals surface area contributed by atoms with E-state index in [0.29, 0.717) is 22.8 Å². The summed E-state index contributed by atoms with van der Waals surface area (Å²) in [7, 11) is -3.03. The second-order valence-electron chi connectivity index (χ2n) is 5.49. The van der Waals surface area contributed by atoms with Crippen LogP contribution in [0.15, 0.2) is 33.6 Å². The van der Waals surface area contributed by atoms with E-state index in [9.17, 15) is 13.2 Å². The Labute approximate surface area is 132 Å². The maximum Gasteiger partial charge on any atom is 0.441 e. The van der Waals surface area contributed by atoms with Crippen molar-refractivity contribution in [2.45, 2.75) is 19.4 Å². The maximum atomic E-state index is 11.9. The van der Waals surface area contributed by atoms with Gasteiger partial charge in [-0.2, -0.15) is 0 Å². The van der Waals surface area contributed by atoms with Crippen LogP contribution < -0.4 is 5.76 Å². The average molecular weight is 343 g/mol. The molecule has 0 spiro atoms. The van der Waals surface area contributed by atoms with Gasteiger partial charge in [-0.25, -0.2) is 13.2 Å². The first-order chi connectivity index (χ1) is 10.5. The van der Waals surface area contributed by atoms with Gasteiger partial charge in [0.15, 0.2) is 15.7 Å². The molecule has 0 aliphatic carbocycles. The number of nitrogens with zero attached hydrogens (tertiary/aromatic N) is 2. The zero-order valence-electron chi connectivity index (χ0n) is 11.7. The van der Waals surface area contributed by atoms with E-state index in [1.165, 1.54) is 4.57 Å². The lowest BCUT2D eigenvalue weighted by molar-refractivity contribution is 0.359. The standard InChI is InChI=1S/C14H15ClN2O4S/c15-12-6-2-1-5-11(12)13-16-21-14(18)17(13)8-10-4-3-7-22(19,20)9-10/h1-2,5-6,10H,3-4,7-9H2. The van der Waals surface area contributed by atoms with Gasteiger partial charge in [-0.1, -0.05) is 28.9 Å². The topological polar surface area (TPSA) is 82.2 Å². The second kappa shape index (κ2) is 5.89. The first-order valence-electron chi connectivity index (χ1n) is 6.98. The fourth-order valence-corrected chi connectivity index (χ4v) is 4.77. The lowest BCUT2D eigenvalue weighted by Gasteiger charge is -2.22. The van der Waals surface area contributed by atoms with Crippen molar-refractivity contribution in [1.29, 1.82) is 0 Å². The summed E-state index contributed by atoms with van der Waals surface area (Å²) in [5, 5.41) is 4.25. The molecule has 22 heavy (non-hydrogen) atoms. The van der Waals surface area contributed by atoms with E-state index in [-0.39, 0.29) is 24.0 Å². The summed E-state index contributed by atoms with van der Waals surface area (Å²) < 4.78 is 29.6. The van der Waals surface area contributed by atoms with Crippen LogP contribution in [-0.2, 0) is 16.4 Å². The van der Waals surface area contributed by atoms with E-state index < -0.39 is 15.6 Å². The van der Waals surface area contributed by atoms with Crippen LogP contribution in [0.5, 0.6) is 0 Å². The molecule has 8 heteroatoms. The zero-order valence-corrected chi connectivity index (χ0v) is 13.3. The van der Waals surface area contributed by atoms with E-state index in [4.69, 9.17) is 16.1 Å². The van der Waals surface area contributed by atoms with Gasteiger partial charge in [-0.3, -0.25) is 9.09 Å². The first kappa shape index (κ1) is 15.3. The minimum absolute atomic E-state index is 0.0899. The van der Waals surface area contributed by atoms with E-state index in [1.54, 1.807) is 24.3 Å². The molecule has 1 aliphatic heterocycles. The molecule has 1 saturated heterocycles. The van der Waals surface area contributed by atoms with Gasteiger partial charge in [0.25, 0.3) is 0 Å². The van der Waals surface area contributed by atoms with Crippen LogP contribution in [0.1, 0.15) is 12.8 Å². The molecule has 0 amide bonds. The second-order valence-corrected chi connectivity index (χ2v) is 8.12. The summed E-state index contributed by atoms with van der Waals surface area (Å²) in [5.74, 6) is -0.0695. The molecule has 1 unspecified atom stereocenters. The van der Waals surface area contributed by atoms with Crippen LogP contribution in [0.25, 0.3) is 11.4 Å². The van der Waals surface area contributed by atoms with E-state index in [2.05, 4.69) is 5.16 Å². The molecule has 0 bridgehead atoms. The van der Waals surface area contributed by atoms with Crippen molar-refractivity contribution in [3.05, 3.63) is 39.8 Å². The molecule has 0 N–H and O–H groups in total. The first-order valence-corrected chi connectivity index (χ1v) is 9.18. The lowest BCUT2D eigenvalue weighted by Crippen LogP contribution is -2.30. The lowest BCUT2D eigenvalue weighted by atomic mass is 10.1. The molecule has 0 saturated carbocycles. The van der Waals surface area contributed by atoms with Gasteiger partial charge in [0.1, 0.15) is 0 Å². The Morgan fingerprint density at radius 2 is 2.14 bits per heavy atom. The predicted molar refractivity (Wildman–Crippen MR) is 82.6 cm³/mol. The van der Waals surface area contributed by atoms with E-state index >= 15 is 0 Å². The van der Waals surface area contributed by atoms with Crippen LogP contribution in [-0.4, -0.2) is 29.6 Å². The molecule has 1 fully saturated rings. The SMILES string of the molecule is O=c1onc(-c2ccccc2Cl)n1CC1CCCS(=O)(=O)C1. The van der Waals surface area contributed by atoms with Gasteiger partial charge in [0, 0.05) is 12.1 Å². The Morgan fingerprint density at radius 3 is 2.86 bits per heavy atom. The highest BCUT2D eigenvalue weighted by molar-refractivity contribution is 7.91. The molecule has 2 aromatic rings. The van der Waals surface area contributed by atoms with Gasteiger partial charge in [0.2, 0.25) is 0 Å². The van der Waals surface area contributed by atoms with E-state index in [1.807, 2.05) is 0 Å². The minimum atomic E-state index is -3.03. The molecule has 2 heterocycles. The van der Waals surface area contributed by atoms with Crippen LogP contribution in [0.3, 0.4) is 0 Å². The Balaban J connectivity index is 1.94. The minimum Gasteiger partial charge on any atom is -0.295 e. The van der Waals surface area contributed by atoms with Gasteiger partial charge < -0.3 is 0 Å². The summed E-state index contributed by atoms with van der Waals surface area (Å²) in [6, 6.07) is 7.01. The number of hydrogen-bond acceptors (Lipinski definition) is 5. The number of halogens is 1. The monoisotopic (exact) mass is 342 g/mol. The largest absolute Gasteiger partial charge is 0.441 e.